The van der Waals surface area contributed by atoms with Crippen molar-refractivity contribution < 1.29 is 24.2 Å². The van der Waals surface area contributed by atoms with Crippen LogP contribution >= 0.6 is 0 Å². The number of piperazine rings is 1. The summed E-state index contributed by atoms with van der Waals surface area (Å²) in [6.07, 6.45) is 6.13. The van der Waals surface area contributed by atoms with Gasteiger partial charge in [0, 0.05) is 43.5 Å². The molecule has 0 aromatic heterocycles. The zero-order valence-electron chi connectivity index (χ0n) is 30.7. The SMILES string of the molecule is C=C1CCC(N2C(=O)c3ccc(N4CCN(CCCCCOc5ccc([C@H]6c7ccc(O)cc7CC[C@H]6c6ccccc6)cc5)CC4)cc3C2=O)C(=O)N1. The number of ether oxygens (including phenoxy) is 1. The number of nitrogens with zero attached hydrogens (tertiary/aromatic N) is 3. The molecule has 278 valence electrons. The number of nitrogens with one attached hydrogen (secondary N) is 1. The summed E-state index contributed by atoms with van der Waals surface area (Å²) in [6, 6.07) is 29.9. The van der Waals surface area contributed by atoms with Crippen molar-refractivity contribution >= 4 is 23.4 Å². The van der Waals surface area contributed by atoms with E-state index in [1.807, 2.05) is 24.3 Å². The van der Waals surface area contributed by atoms with Crippen LogP contribution in [0.1, 0.15) is 93.3 Å². The number of amides is 3. The van der Waals surface area contributed by atoms with E-state index in [0.717, 1.165) is 81.2 Å². The number of hydrogen-bond donors (Lipinski definition) is 2. The average Bonchev–Trinajstić information content (AvgIpc) is 3.44. The smallest absolute Gasteiger partial charge is 0.262 e. The maximum Gasteiger partial charge on any atom is 0.262 e. The van der Waals surface area contributed by atoms with Crippen LogP contribution in [0.25, 0.3) is 0 Å². The number of aromatic hydroxyl groups is 1. The molecule has 2 fully saturated rings. The lowest BCUT2D eigenvalue weighted by Gasteiger charge is -2.36. The molecule has 3 aliphatic heterocycles. The van der Waals surface area contributed by atoms with E-state index >= 15 is 0 Å². The van der Waals surface area contributed by atoms with Crippen molar-refractivity contribution in [2.75, 3.05) is 44.2 Å². The minimum atomic E-state index is -0.801. The third-order valence-electron chi connectivity index (χ3n) is 11.7. The van der Waals surface area contributed by atoms with E-state index in [1.165, 1.54) is 22.3 Å². The summed E-state index contributed by atoms with van der Waals surface area (Å²) < 4.78 is 6.17. The molecule has 3 atom stereocenters. The molecule has 3 amide bonds. The first-order chi connectivity index (χ1) is 26.3. The first-order valence-electron chi connectivity index (χ1n) is 19.4. The Bertz CT molecular complexity index is 2040. The zero-order chi connectivity index (χ0) is 37.2. The van der Waals surface area contributed by atoms with Crippen molar-refractivity contribution in [2.24, 2.45) is 0 Å². The zero-order valence-corrected chi connectivity index (χ0v) is 30.7. The molecule has 9 nitrogen and oxygen atoms in total. The van der Waals surface area contributed by atoms with Crippen molar-refractivity contribution in [3.63, 3.8) is 0 Å². The number of aryl methyl sites for hydroxylation is 1. The second kappa shape index (κ2) is 15.5. The standard InChI is InChI=1S/C45H48N4O5/c1-30-10-21-41(43(51)46-30)49-44(52)39-19-14-34(29-40(39)45(49)53)48-25-23-47(24-26-48)22-6-3-7-27-54-36-16-11-32(12-17-36)42-37(31-8-4-2-5-9-31)18-13-33-28-35(50)15-20-38(33)42/h2,4-5,8-9,11-12,14-17,19-20,28-29,37,41-42,50H,1,3,6-7,10,13,18,21-27H2,(H,46,51)/t37-,41?,42+/m0/s1. The number of carbonyl (C=O) groups is 3. The molecule has 9 heteroatoms. The number of benzene rings is 4. The minimum Gasteiger partial charge on any atom is -0.508 e. The third-order valence-corrected chi connectivity index (χ3v) is 11.7. The normalized spacial score (nSPS) is 21.5. The molecule has 4 aromatic rings. The van der Waals surface area contributed by atoms with Crippen LogP contribution in [0, 0.1) is 0 Å². The van der Waals surface area contributed by atoms with Crippen LogP contribution in [-0.4, -0.2) is 78.0 Å². The molecule has 4 aromatic carbocycles. The number of allylic oxidation sites excluding steroid dienone is 1. The monoisotopic (exact) mass is 724 g/mol. The summed E-state index contributed by atoms with van der Waals surface area (Å²) in [5.74, 6) is 0.679. The van der Waals surface area contributed by atoms with E-state index in [4.69, 9.17) is 4.74 Å². The maximum absolute atomic E-state index is 13.3. The van der Waals surface area contributed by atoms with Gasteiger partial charge in [-0.2, -0.15) is 0 Å². The van der Waals surface area contributed by atoms with Crippen LogP contribution in [0.3, 0.4) is 0 Å². The van der Waals surface area contributed by atoms with Gasteiger partial charge in [0.15, 0.2) is 0 Å². The highest BCUT2D eigenvalue weighted by Crippen LogP contribution is 2.47. The number of phenols is 1. The summed E-state index contributed by atoms with van der Waals surface area (Å²) in [7, 11) is 0. The number of anilines is 1. The van der Waals surface area contributed by atoms with Crippen molar-refractivity contribution in [1.82, 2.24) is 15.1 Å². The molecule has 3 heterocycles. The second-order valence-corrected chi connectivity index (χ2v) is 15.1. The minimum absolute atomic E-state index is 0.223. The predicted octanol–water partition coefficient (Wildman–Crippen LogP) is 7.01. The molecule has 0 saturated carbocycles. The Balaban J connectivity index is 0.783. The largest absolute Gasteiger partial charge is 0.508 e. The van der Waals surface area contributed by atoms with E-state index in [-0.39, 0.29) is 11.8 Å². The molecule has 0 radical (unpaired) electrons. The number of carbonyl (C=O) groups excluding carboxylic acids is 3. The van der Waals surface area contributed by atoms with Gasteiger partial charge in [0.05, 0.1) is 17.7 Å². The highest BCUT2D eigenvalue weighted by molar-refractivity contribution is 6.23. The molecular weight excluding hydrogens is 677 g/mol. The Morgan fingerprint density at radius 1 is 0.759 bits per heavy atom. The summed E-state index contributed by atoms with van der Waals surface area (Å²) in [6.45, 7) is 9.08. The van der Waals surface area contributed by atoms with E-state index in [9.17, 15) is 19.5 Å². The van der Waals surface area contributed by atoms with Gasteiger partial charge in [-0.25, -0.2) is 0 Å². The Morgan fingerprint density at radius 2 is 1.54 bits per heavy atom. The molecule has 54 heavy (non-hydrogen) atoms. The number of piperidine rings is 1. The average molecular weight is 725 g/mol. The maximum atomic E-state index is 13.3. The van der Waals surface area contributed by atoms with Crippen LogP contribution in [0.2, 0.25) is 0 Å². The molecule has 4 aliphatic rings. The highest BCUT2D eigenvalue weighted by atomic mass is 16.5. The van der Waals surface area contributed by atoms with Gasteiger partial charge in [-0.3, -0.25) is 24.2 Å². The number of unbranched alkanes of at least 4 members (excludes halogenated alkanes) is 2. The fraction of sp³-hybridized carbons (Fsp3) is 0.356. The first kappa shape index (κ1) is 35.6. The second-order valence-electron chi connectivity index (χ2n) is 15.1. The Hall–Kier alpha value is -5.41. The van der Waals surface area contributed by atoms with E-state index in [1.54, 1.807) is 6.07 Å². The van der Waals surface area contributed by atoms with Gasteiger partial charge in [-0.15, -0.1) is 0 Å². The Labute approximate surface area is 317 Å². The summed E-state index contributed by atoms with van der Waals surface area (Å²) >= 11 is 0. The Kier molecular flexibility index (Phi) is 10.2. The van der Waals surface area contributed by atoms with Gasteiger partial charge in [0.2, 0.25) is 5.91 Å². The number of fused-ring (bicyclic) bond motifs is 2. The van der Waals surface area contributed by atoms with E-state index in [0.29, 0.717) is 47.9 Å². The quantitative estimate of drug-likeness (QED) is 0.127. The lowest BCUT2D eigenvalue weighted by molar-refractivity contribution is -0.125. The highest BCUT2D eigenvalue weighted by Gasteiger charge is 2.44. The number of hydrogen-bond acceptors (Lipinski definition) is 7. The number of phenolic OH excluding ortho intramolecular Hbond substituents is 1. The van der Waals surface area contributed by atoms with Crippen molar-refractivity contribution in [2.45, 2.75) is 62.8 Å². The van der Waals surface area contributed by atoms with Gasteiger partial charge < -0.3 is 20.1 Å². The molecule has 1 aliphatic carbocycles. The van der Waals surface area contributed by atoms with Gasteiger partial charge in [0.1, 0.15) is 17.5 Å². The van der Waals surface area contributed by atoms with Crippen molar-refractivity contribution in [3.8, 4) is 11.5 Å². The van der Waals surface area contributed by atoms with Crippen LogP contribution < -0.4 is 15.0 Å². The Morgan fingerprint density at radius 3 is 2.31 bits per heavy atom. The predicted molar refractivity (Wildman–Crippen MR) is 209 cm³/mol. The van der Waals surface area contributed by atoms with Crippen LogP contribution in [0.15, 0.2) is 103 Å². The lowest BCUT2D eigenvalue weighted by atomic mass is 9.69. The first-order valence-corrected chi connectivity index (χ1v) is 19.4. The van der Waals surface area contributed by atoms with Gasteiger partial charge in [-0.1, -0.05) is 55.1 Å². The molecule has 2 N–H and O–H groups in total. The summed E-state index contributed by atoms with van der Waals surface area (Å²) in [4.78, 5) is 44.9. The molecule has 0 bridgehead atoms. The summed E-state index contributed by atoms with van der Waals surface area (Å²) in [5.41, 5.74) is 7.45. The van der Waals surface area contributed by atoms with E-state index < -0.39 is 17.9 Å². The third kappa shape index (κ3) is 7.25. The van der Waals surface area contributed by atoms with Crippen LogP contribution in [-0.2, 0) is 11.2 Å². The summed E-state index contributed by atoms with van der Waals surface area (Å²) in [5, 5.41) is 12.8. The lowest BCUT2D eigenvalue weighted by Crippen LogP contribution is -2.51. The number of rotatable bonds is 11. The molecule has 0 spiro atoms. The van der Waals surface area contributed by atoms with Gasteiger partial charge >= 0.3 is 0 Å². The number of imide groups is 1. The fourth-order valence-corrected chi connectivity index (χ4v) is 8.82. The van der Waals surface area contributed by atoms with Crippen LogP contribution in [0.5, 0.6) is 11.5 Å². The van der Waals surface area contributed by atoms with Crippen LogP contribution in [0.4, 0.5) is 5.69 Å². The van der Waals surface area contributed by atoms with Crippen molar-refractivity contribution in [1.29, 1.82) is 0 Å². The van der Waals surface area contributed by atoms with Crippen molar-refractivity contribution in [3.05, 3.63) is 137 Å². The van der Waals surface area contributed by atoms with Gasteiger partial charge in [-0.05, 0) is 122 Å². The fourth-order valence-electron chi connectivity index (χ4n) is 8.82. The van der Waals surface area contributed by atoms with E-state index in [2.05, 4.69) is 82.4 Å². The topological polar surface area (TPSA) is 102 Å². The molecular formula is C45H48N4O5. The molecule has 8 rings (SSSR count). The molecule has 1 unspecified atom stereocenters. The molecule has 2 saturated heterocycles. The van der Waals surface area contributed by atoms with Gasteiger partial charge in [0.25, 0.3) is 11.8 Å².